The Morgan fingerprint density at radius 3 is 2.78 bits per heavy atom. The third-order valence-electron chi connectivity index (χ3n) is 2.41. The van der Waals surface area contributed by atoms with Crippen LogP contribution >= 0.6 is 11.8 Å². The summed E-state index contributed by atoms with van der Waals surface area (Å²) in [4.78, 5) is 1.22. The van der Waals surface area contributed by atoms with Crippen LogP contribution in [0.1, 0.15) is 11.5 Å². The molecule has 1 aromatic carbocycles. The van der Waals surface area contributed by atoms with E-state index in [1.807, 2.05) is 43.6 Å². The number of hydrogen-bond donors (Lipinski definition) is 1. The molecule has 1 aromatic heterocycles. The molecule has 1 N–H and O–H groups in total. The van der Waals surface area contributed by atoms with Gasteiger partial charge in [-0.05, 0) is 37.6 Å². The van der Waals surface area contributed by atoms with Gasteiger partial charge in [-0.25, -0.2) is 0 Å². The Balaban J connectivity index is 1.89. The summed E-state index contributed by atoms with van der Waals surface area (Å²) in [6, 6.07) is 9.87. The standard InChI is InChI=1S/C13H16N2O2S/c1-14-8-10-7-12(17-15-10)9-16-11-3-5-13(18-2)6-4-11/h3-7,14H,8-9H2,1-2H3. The van der Waals surface area contributed by atoms with E-state index in [0.29, 0.717) is 13.2 Å². The normalized spacial score (nSPS) is 10.6. The summed E-state index contributed by atoms with van der Waals surface area (Å²) in [6.45, 7) is 1.10. The minimum atomic E-state index is 0.398. The second kappa shape index (κ2) is 6.47. The van der Waals surface area contributed by atoms with Gasteiger partial charge < -0.3 is 14.6 Å². The molecule has 0 bridgehead atoms. The van der Waals surface area contributed by atoms with Crippen LogP contribution in [0.3, 0.4) is 0 Å². The average molecular weight is 264 g/mol. The van der Waals surface area contributed by atoms with Crippen LogP contribution in [0.5, 0.6) is 5.75 Å². The maximum atomic E-state index is 5.62. The lowest BCUT2D eigenvalue weighted by molar-refractivity contribution is 0.248. The van der Waals surface area contributed by atoms with Crippen molar-refractivity contribution in [2.24, 2.45) is 0 Å². The highest BCUT2D eigenvalue weighted by atomic mass is 32.2. The Hall–Kier alpha value is -1.46. The number of nitrogens with zero attached hydrogens (tertiary/aromatic N) is 1. The molecule has 0 saturated carbocycles. The molecule has 0 amide bonds. The van der Waals surface area contributed by atoms with Crippen molar-refractivity contribution >= 4 is 11.8 Å². The first-order valence-electron chi connectivity index (χ1n) is 5.67. The summed E-state index contributed by atoms with van der Waals surface area (Å²) < 4.78 is 10.8. The van der Waals surface area contributed by atoms with Crippen LogP contribution in [-0.4, -0.2) is 18.5 Å². The summed E-state index contributed by atoms with van der Waals surface area (Å²) in [5.41, 5.74) is 0.883. The molecule has 0 aliphatic heterocycles. The van der Waals surface area contributed by atoms with Gasteiger partial charge >= 0.3 is 0 Å². The van der Waals surface area contributed by atoms with Gasteiger partial charge in [-0.15, -0.1) is 11.8 Å². The quantitative estimate of drug-likeness (QED) is 0.813. The lowest BCUT2D eigenvalue weighted by Crippen LogP contribution is -2.04. The molecule has 0 fully saturated rings. The van der Waals surface area contributed by atoms with Crippen LogP contribution in [0.2, 0.25) is 0 Å². The molecule has 4 nitrogen and oxygen atoms in total. The third kappa shape index (κ3) is 3.51. The van der Waals surface area contributed by atoms with Crippen molar-refractivity contribution in [3.63, 3.8) is 0 Å². The maximum Gasteiger partial charge on any atom is 0.174 e. The van der Waals surface area contributed by atoms with Crippen LogP contribution in [-0.2, 0) is 13.2 Å². The van der Waals surface area contributed by atoms with Crippen molar-refractivity contribution in [2.75, 3.05) is 13.3 Å². The van der Waals surface area contributed by atoms with Crippen molar-refractivity contribution in [1.82, 2.24) is 10.5 Å². The highest BCUT2D eigenvalue weighted by molar-refractivity contribution is 7.98. The third-order valence-corrected chi connectivity index (χ3v) is 3.15. The number of aromatic nitrogens is 1. The number of rotatable bonds is 6. The molecular formula is C13H16N2O2S. The summed E-state index contributed by atoms with van der Waals surface area (Å²) in [6.07, 6.45) is 2.05. The van der Waals surface area contributed by atoms with Crippen molar-refractivity contribution in [1.29, 1.82) is 0 Å². The molecule has 2 rings (SSSR count). The number of thioether (sulfide) groups is 1. The fourth-order valence-electron chi connectivity index (χ4n) is 1.51. The second-order valence-electron chi connectivity index (χ2n) is 3.78. The van der Waals surface area contributed by atoms with E-state index in [1.165, 1.54) is 4.90 Å². The van der Waals surface area contributed by atoms with Crippen molar-refractivity contribution in [3.8, 4) is 5.75 Å². The zero-order valence-corrected chi connectivity index (χ0v) is 11.3. The summed E-state index contributed by atoms with van der Waals surface area (Å²) in [7, 11) is 1.87. The molecule has 0 spiro atoms. The molecule has 0 aliphatic carbocycles. The fourth-order valence-corrected chi connectivity index (χ4v) is 1.92. The minimum Gasteiger partial charge on any atom is -0.486 e. The van der Waals surface area contributed by atoms with Crippen molar-refractivity contribution in [2.45, 2.75) is 18.0 Å². The smallest absolute Gasteiger partial charge is 0.174 e. The zero-order valence-electron chi connectivity index (χ0n) is 10.5. The van der Waals surface area contributed by atoms with E-state index in [0.717, 1.165) is 17.2 Å². The maximum absolute atomic E-state index is 5.62. The topological polar surface area (TPSA) is 47.3 Å². The number of nitrogens with one attached hydrogen (secondary N) is 1. The molecule has 0 radical (unpaired) electrons. The van der Waals surface area contributed by atoms with E-state index >= 15 is 0 Å². The van der Waals surface area contributed by atoms with E-state index in [-0.39, 0.29) is 0 Å². The monoisotopic (exact) mass is 264 g/mol. The first-order chi connectivity index (χ1) is 8.81. The van der Waals surface area contributed by atoms with Gasteiger partial charge in [0.2, 0.25) is 0 Å². The predicted molar refractivity (Wildman–Crippen MR) is 71.8 cm³/mol. The lowest BCUT2D eigenvalue weighted by atomic mass is 10.3. The molecule has 0 saturated heterocycles. The van der Waals surface area contributed by atoms with Crippen LogP contribution in [0, 0.1) is 0 Å². The molecule has 96 valence electrons. The van der Waals surface area contributed by atoms with Crippen LogP contribution < -0.4 is 10.1 Å². The number of ether oxygens (including phenoxy) is 1. The Kier molecular flexibility index (Phi) is 4.66. The first-order valence-corrected chi connectivity index (χ1v) is 6.90. The minimum absolute atomic E-state index is 0.398. The van der Waals surface area contributed by atoms with E-state index < -0.39 is 0 Å². The van der Waals surface area contributed by atoms with E-state index in [4.69, 9.17) is 9.26 Å². The molecule has 0 atom stereocenters. The summed E-state index contributed by atoms with van der Waals surface area (Å²) >= 11 is 1.71. The highest BCUT2D eigenvalue weighted by Crippen LogP contribution is 2.19. The SMILES string of the molecule is CNCc1cc(COc2ccc(SC)cc2)on1. The molecule has 0 unspecified atom stereocenters. The molecule has 5 heteroatoms. The number of benzene rings is 1. The van der Waals surface area contributed by atoms with Crippen LogP contribution in [0.15, 0.2) is 39.8 Å². The van der Waals surface area contributed by atoms with E-state index in [2.05, 4.69) is 10.5 Å². The van der Waals surface area contributed by atoms with Gasteiger partial charge in [0, 0.05) is 17.5 Å². The summed E-state index contributed by atoms with van der Waals surface area (Å²) in [5, 5.41) is 6.94. The van der Waals surface area contributed by atoms with Gasteiger partial charge in [0.25, 0.3) is 0 Å². The Labute approximate surface area is 111 Å². The van der Waals surface area contributed by atoms with Crippen LogP contribution in [0.25, 0.3) is 0 Å². The average Bonchev–Trinajstić information content (AvgIpc) is 2.85. The molecule has 18 heavy (non-hydrogen) atoms. The van der Waals surface area contributed by atoms with E-state index in [9.17, 15) is 0 Å². The van der Waals surface area contributed by atoms with E-state index in [1.54, 1.807) is 11.8 Å². The number of hydrogen-bond acceptors (Lipinski definition) is 5. The Morgan fingerprint density at radius 1 is 1.33 bits per heavy atom. The highest BCUT2D eigenvalue weighted by Gasteiger charge is 2.04. The predicted octanol–water partition coefficient (Wildman–Crippen LogP) is 2.69. The van der Waals surface area contributed by atoms with Gasteiger partial charge in [-0.1, -0.05) is 5.16 Å². The van der Waals surface area contributed by atoms with Crippen molar-refractivity contribution < 1.29 is 9.26 Å². The lowest BCUT2D eigenvalue weighted by Gasteiger charge is -2.03. The van der Waals surface area contributed by atoms with Gasteiger partial charge in [0.05, 0.1) is 5.69 Å². The first kappa shape index (κ1) is 13.0. The molecular weight excluding hydrogens is 248 g/mol. The molecule has 2 aromatic rings. The van der Waals surface area contributed by atoms with Gasteiger partial charge in [0.1, 0.15) is 12.4 Å². The van der Waals surface area contributed by atoms with Gasteiger partial charge in [-0.2, -0.15) is 0 Å². The van der Waals surface area contributed by atoms with Gasteiger partial charge in [0.15, 0.2) is 5.76 Å². The van der Waals surface area contributed by atoms with Crippen LogP contribution in [0.4, 0.5) is 0 Å². The second-order valence-corrected chi connectivity index (χ2v) is 4.66. The van der Waals surface area contributed by atoms with Crippen molar-refractivity contribution in [3.05, 3.63) is 41.8 Å². The fraction of sp³-hybridized carbons (Fsp3) is 0.308. The molecule has 0 aliphatic rings. The largest absolute Gasteiger partial charge is 0.486 e. The van der Waals surface area contributed by atoms with Gasteiger partial charge in [-0.3, -0.25) is 0 Å². The zero-order chi connectivity index (χ0) is 12.8. The summed E-state index contributed by atoms with van der Waals surface area (Å²) in [5.74, 6) is 1.56. The Morgan fingerprint density at radius 2 is 2.11 bits per heavy atom. The molecule has 1 heterocycles. The Bertz CT molecular complexity index is 482.